The molecule has 1 rings (SSSR count). The van der Waals surface area contributed by atoms with Gasteiger partial charge in [0, 0.05) is 20.1 Å². The van der Waals surface area contributed by atoms with Crippen LogP contribution in [-0.2, 0) is 14.3 Å². The highest BCUT2D eigenvalue weighted by atomic mass is 16.5. The van der Waals surface area contributed by atoms with Gasteiger partial charge in [-0.05, 0) is 18.9 Å². The van der Waals surface area contributed by atoms with Gasteiger partial charge in [-0.1, -0.05) is 6.92 Å². The van der Waals surface area contributed by atoms with Crippen molar-refractivity contribution in [3.05, 3.63) is 0 Å². The van der Waals surface area contributed by atoms with E-state index in [1.807, 2.05) is 6.92 Å². The van der Waals surface area contributed by atoms with Crippen LogP contribution in [0.2, 0.25) is 0 Å². The fourth-order valence-electron chi connectivity index (χ4n) is 1.94. The number of rotatable bonds is 6. The molecular weight excluding hydrogens is 224 g/mol. The van der Waals surface area contributed by atoms with Crippen molar-refractivity contribution in [1.29, 1.82) is 0 Å². The lowest BCUT2D eigenvalue weighted by atomic mass is 10.0. The maximum Gasteiger partial charge on any atom is 0.326 e. The minimum atomic E-state index is -1.03. The summed E-state index contributed by atoms with van der Waals surface area (Å²) in [5.41, 5.74) is 0. The fraction of sp³-hybridized carbons (Fsp3) is 0.818. The Balaban J connectivity index is 2.48. The molecule has 3 atom stereocenters. The average molecular weight is 244 g/mol. The summed E-state index contributed by atoms with van der Waals surface area (Å²) in [5.74, 6) is -1.02. The van der Waals surface area contributed by atoms with Crippen molar-refractivity contribution < 1.29 is 19.4 Å². The van der Waals surface area contributed by atoms with Crippen LogP contribution < -0.4 is 10.6 Å². The summed E-state index contributed by atoms with van der Waals surface area (Å²) in [6.07, 6.45) is 1.21. The Bertz CT molecular complexity index is 283. The fourth-order valence-corrected chi connectivity index (χ4v) is 1.94. The van der Waals surface area contributed by atoms with E-state index >= 15 is 0 Å². The molecule has 1 aliphatic heterocycles. The molecule has 0 radical (unpaired) electrons. The van der Waals surface area contributed by atoms with Gasteiger partial charge in [-0.2, -0.15) is 0 Å². The van der Waals surface area contributed by atoms with E-state index in [0.29, 0.717) is 6.61 Å². The Kier molecular flexibility index (Phi) is 5.37. The molecule has 17 heavy (non-hydrogen) atoms. The van der Waals surface area contributed by atoms with Gasteiger partial charge < -0.3 is 20.5 Å². The molecule has 0 aromatic rings. The van der Waals surface area contributed by atoms with Crippen molar-refractivity contribution in [3.8, 4) is 0 Å². The van der Waals surface area contributed by atoms with E-state index in [0.717, 1.165) is 13.0 Å². The first-order chi connectivity index (χ1) is 8.06. The van der Waals surface area contributed by atoms with Crippen molar-refractivity contribution >= 4 is 11.9 Å². The first-order valence-electron chi connectivity index (χ1n) is 5.81. The number of carbonyl (C=O) groups excluding carboxylic acids is 1. The zero-order chi connectivity index (χ0) is 12.8. The van der Waals surface area contributed by atoms with Crippen LogP contribution in [0, 0.1) is 5.92 Å². The Morgan fingerprint density at radius 2 is 2.29 bits per heavy atom. The van der Waals surface area contributed by atoms with Crippen molar-refractivity contribution in [2.75, 3.05) is 20.3 Å². The van der Waals surface area contributed by atoms with E-state index in [-0.39, 0.29) is 24.3 Å². The number of amides is 1. The maximum atomic E-state index is 11.9. The second-order valence-corrected chi connectivity index (χ2v) is 4.38. The molecule has 1 amide bonds. The first-order valence-corrected chi connectivity index (χ1v) is 5.81. The van der Waals surface area contributed by atoms with Gasteiger partial charge in [0.25, 0.3) is 0 Å². The van der Waals surface area contributed by atoms with Gasteiger partial charge in [0.1, 0.15) is 6.04 Å². The van der Waals surface area contributed by atoms with Crippen LogP contribution in [-0.4, -0.2) is 49.3 Å². The maximum absolute atomic E-state index is 11.9. The summed E-state index contributed by atoms with van der Waals surface area (Å²) in [6.45, 7) is 3.09. The van der Waals surface area contributed by atoms with E-state index in [2.05, 4.69) is 10.6 Å². The monoisotopic (exact) mass is 244 g/mol. The van der Waals surface area contributed by atoms with Crippen LogP contribution in [0.5, 0.6) is 0 Å². The summed E-state index contributed by atoms with van der Waals surface area (Å²) in [4.78, 5) is 22.8. The Morgan fingerprint density at radius 1 is 1.59 bits per heavy atom. The van der Waals surface area contributed by atoms with Crippen molar-refractivity contribution in [3.63, 3.8) is 0 Å². The third-order valence-corrected chi connectivity index (χ3v) is 3.04. The average Bonchev–Trinajstić information content (AvgIpc) is 2.70. The molecule has 98 valence electrons. The number of carboxylic acid groups (broad SMARTS) is 1. The summed E-state index contributed by atoms with van der Waals surface area (Å²) in [7, 11) is 1.50. The SMILES string of the molecule is COCCC(NC(=O)C1NCCC1C)C(=O)O. The molecule has 0 saturated carbocycles. The highest BCUT2D eigenvalue weighted by molar-refractivity contribution is 5.87. The standard InChI is InChI=1S/C11H20N2O4/c1-7-3-5-12-9(7)10(14)13-8(11(15)16)4-6-17-2/h7-9,12H,3-6H2,1-2H3,(H,13,14)(H,15,16). The molecule has 1 fully saturated rings. The van der Waals surface area contributed by atoms with E-state index in [1.54, 1.807) is 0 Å². The molecule has 0 aliphatic carbocycles. The van der Waals surface area contributed by atoms with E-state index in [4.69, 9.17) is 9.84 Å². The molecule has 3 unspecified atom stereocenters. The third-order valence-electron chi connectivity index (χ3n) is 3.04. The number of carbonyl (C=O) groups is 2. The van der Waals surface area contributed by atoms with Gasteiger partial charge >= 0.3 is 5.97 Å². The number of methoxy groups -OCH3 is 1. The number of nitrogens with one attached hydrogen (secondary N) is 2. The van der Waals surface area contributed by atoms with Crippen molar-refractivity contribution in [2.24, 2.45) is 5.92 Å². The Labute approximate surface area is 101 Å². The third kappa shape index (κ3) is 3.98. The minimum Gasteiger partial charge on any atom is -0.480 e. The van der Waals surface area contributed by atoms with E-state index < -0.39 is 12.0 Å². The highest BCUT2D eigenvalue weighted by Crippen LogP contribution is 2.14. The Morgan fingerprint density at radius 3 is 2.76 bits per heavy atom. The molecule has 1 heterocycles. The number of aliphatic carboxylic acids is 1. The van der Waals surface area contributed by atoms with Crippen LogP contribution in [0.15, 0.2) is 0 Å². The van der Waals surface area contributed by atoms with Crippen LogP contribution in [0.4, 0.5) is 0 Å². The lowest BCUT2D eigenvalue weighted by Crippen LogP contribution is -2.50. The minimum absolute atomic E-state index is 0.237. The quantitative estimate of drug-likeness (QED) is 0.591. The molecule has 1 aliphatic rings. The lowest BCUT2D eigenvalue weighted by molar-refractivity contribution is -0.142. The lowest BCUT2D eigenvalue weighted by Gasteiger charge is -2.19. The zero-order valence-corrected chi connectivity index (χ0v) is 10.2. The number of hydrogen-bond acceptors (Lipinski definition) is 4. The van der Waals surface area contributed by atoms with Gasteiger partial charge in [-0.15, -0.1) is 0 Å². The van der Waals surface area contributed by atoms with Gasteiger partial charge in [-0.25, -0.2) is 4.79 Å². The molecule has 3 N–H and O–H groups in total. The Hall–Kier alpha value is -1.14. The van der Waals surface area contributed by atoms with Crippen molar-refractivity contribution in [1.82, 2.24) is 10.6 Å². The zero-order valence-electron chi connectivity index (χ0n) is 10.2. The van der Waals surface area contributed by atoms with Gasteiger partial charge in [0.15, 0.2) is 0 Å². The normalized spacial score (nSPS) is 25.5. The molecule has 0 aromatic carbocycles. The van der Waals surface area contributed by atoms with E-state index in [9.17, 15) is 9.59 Å². The number of hydrogen-bond donors (Lipinski definition) is 3. The second kappa shape index (κ2) is 6.56. The van der Waals surface area contributed by atoms with Crippen LogP contribution in [0.25, 0.3) is 0 Å². The predicted molar refractivity (Wildman–Crippen MR) is 61.6 cm³/mol. The van der Waals surface area contributed by atoms with E-state index in [1.165, 1.54) is 7.11 Å². The molecule has 0 bridgehead atoms. The summed E-state index contributed by atoms with van der Waals surface area (Å²) < 4.78 is 4.82. The first kappa shape index (κ1) is 13.9. The molecule has 0 aromatic heterocycles. The van der Waals surface area contributed by atoms with Crippen molar-refractivity contribution in [2.45, 2.75) is 31.8 Å². The molecule has 1 saturated heterocycles. The largest absolute Gasteiger partial charge is 0.480 e. The summed E-state index contributed by atoms with van der Waals surface area (Å²) in [5, 5.41) is 14.6. The van der Waals surface area contributed by atoms with Crippen LogP contribution >= 0.6 is 0 Å². The molecule has 6 nitrogen and oxygen atoms in total. The molecule has 0 spiro atoms. The second-order valence-electron chi connectivity index (χ2n) is 4.38. The predicted octanol–water partition coefficient (Wildman–Crippen LogP) is -0.410. The summed E-state index contributed by atoms with van der Waals surface area (Å²) >= 11 is 0. The topological polar surface area (TPSA) is 87.7 Å². The van der Waals surface area contributed by atoms with Gasteiger partial charge in [-0.3, -0.25) is 4.79 Å². The molecule has 6 heteroatoms. The van der Waals surface area contributed by atoms with Crippen LogP contribution in [0.1, 0.15) is 19.8 Å². The molecular formula is C11H20N2O4. The van der Waals surface area contributed by atoms with Gasteiger partial charge in [0.2, 0.25) is 5.91 Å². The number of ether oxygens (including phenoxy) is 1. The summed E-state index contributed by atoms with van der Waals surface area (Å²) in [6, 6.07) is -1.16. The van der Waals surface area contributed by atoms with Crippen LogP contribution in [0.3, 0.4) is 0 Å². The smallest absolute Gasteiger partial charge is 0.326 e. The number of carboxylic acids is 1. The van der Waals surface area contributed by atoms with Gasteiger partial charge in [0.05, 0.1) is 6.04 Å². The highest BCUT2D eigenvalue weighted by Gasteiger charge is 2.31.